The first-order valence-electron chi connectivity index (χ1n) is 9.45. The highest BCUT2D eigenvalue weighted by Gasteiger charge is 2.27. The van der Waals surface area contributed by atoms with Crippen molar-refractivity contribution in [2.45, 2.75) is 13.0 Å². The van der Waals surface area contributed by atoms with E-state index in [0.29, 0.717) is 10.6 Å². The number of likely N-dealkylation sites (N-methyl/N-ethyl adjacent to an activating group) is 1. The number of anilines is 1. The minimum atomic E-state index is -0.212. The molecule has 0 bridgehead atoms. The van der Waals surface area contributed by atoms with Crippen LogP contribution in [0.1, 0.15) is 20.8 Å². The Morgan fingerprint density at radius 2 is 2.03 bits per heavy atom. The zero-order valence-electron chi connectivity index (χ0n) is 16.4. The van der Waals surface area contributed by atoms with Gasteiger partial charge in [0, 0.05) is 28.0 Å². The molecule has 1 N–H and O–H groups in total. The van der Waals surface area contributed by atoms with Gasteiger partial charge in [0.15, 0.2) is 0 Å². The van der Waals surface area contributed by atoms with E-state index in [1.165, 1.54) is 10.4 Å². The Morgan fingerprint density at radius 1 is 1.23 bits per heavy atom. The van der Waals surface area contributed by atoms with E-state index in [9.17, 15) is 4.79 Å². The third-order valence-electron chi connectivity index (χ3n) is 5.16. The van der Waals surface area contributed by atoms with E-state index in [4.69, 9.17) is 16.6 Å². The lowest BCUT2D eigenvalue weighted by atomic mass is 10.0. The first kappa shape index (κ1) is 22.7. The number of amides is 1. The van der Waals surface area contributed by atoms with E-state index in [2.05, 4.69) is 39.3 Å². The maximum absolute atomic E-state index is 13.1. The summed E-state index contributed by atoms with van der Waals surface area (Å²) >= 11 is 13.0. The summed E-state index contributed by atoms with van der Waals surface area (Å²) in [6.45, 7) is 1.87. The number of carbonyl (C=O) groups excluding carboxylic acids is 1. The molecule has 2 aromatic heterocycles. The van der Waals surface area contributed by atoms with Crippen LogP contribution < -0.4 is 5.32 Å². The van der Waals surface area contributed by atoms with Crippen molar-refractivity contribution in [1.29, 1.82) is 0 Å². The minimum absolute atomic E-state index is 0. The monoisotopic (exact) mass is 553 g/mol. The summed E-state index contributed by atoms with van der Waals surface area (Å²) < 4.78 is 1.96. The molecule has 9 heteroatoms. The van der Waals surface area contributed by atoms with Crippen molar-refractivity contribution in [1.82, 2.24) is 9.88 Å². The van der Waals surface area contributed by atoms with Crippen molar-refractivity contribution in [2.24, 2.45) is 0 Å². The fourth-order valence-electron chi connectivity index (χ4n) is 3.67. The number of thiazole rings is 1. The van der Waals surface area contributed by atoms with Crippen LogP contribution in [0.2, 0.25) is 5.02 Å². The maximum atomic E-state index is 13.1. The molecule has 1 aliphatic rings. The van der Waals surface area contributed by atoms with Crippen LogP contribution in [0.3, 0.4) is 0 Å². The summed E-state index contributed by atoms with van der Waals surface area (Å²) in [5.74, 6) is -0.212. The Hall–Kier alpha value is -1.48. The second kappa shape index (κ2) is 9.17. The molecule has 4 nitrogen and oxygen atoms in total. The van der Waals surface area contributed by atoms with Gasteiger partial charge >= 0.3 is 0 Å². The number of hydrogen-bond donors (Lipinski definition) is 1. The molecule has 5 rings (SSSR count). The molecule has 0 fully saturated rings. The fourth-order valence-corrected chi connectivity index (χ4v) is 6.66. The van der Waals surface area contributed by atoms with E-state index < -0.39 is 0 Å². The van der Waals surface area contributed by atoms with Gasteiger partial charge in [-0.05, 0) is 49.4 Å². The summed E-state index contributed by atoms with van der Waals surface area (Å²) in [7, 11) is 2.12. The number of hydrogen-bond acceptors (Lipinski definition) is 5. The van der Waals surface area contributed by atoms with Gasteiger partial charge in [-0.2, -0.15) is 0 Å². The summed E-state index contributed by atoms with van der Waals surface area (Å²) in [5, 5.41) is 5.36. The molecule has 0 spiro atoms. The molecule has 0 radical (unpaired) electrons. The van der Waals surface area contributed by atoms with Gasteiger partial charge in [0.1, 0.15) is 10.0 Å². The van der Waals surface area contributed by atoms with Crippen LogP contribution in [0.4, 0.5) is 5.00 Å². The number of nitrogens with zero attached hydrogens (tertiary/aromatic N) is 2. The summed E-state index contributed by atoms with van der Waals surface area (Å²) in [5.41, 5.74) is 3.79. The number of aromatic nitrogens is 1. The Morgan fingerprint density at radius 3 is 2.84 bits per heavy atom. The normalized spacial score (nSPS) is 13.6. The minimum Gasteiger partial charge on any atom is -0.313 e. The van der Waals surface area contributed by atoms with Crippen LogP contribution in [0.25, 0.3) is 20.8 Å². The Bertz CT molecular complexity index is 1250. The number of benzene rings is 2. The summed E-state index contributed by atoms with van der Waals surface area (Å²) in [4.78, 5) is 21.6. The molecule has 160 valence electrons. The molecule has 1 aliphatic heterocycles. The van der Waals surface area contributed by atoms with Crippen molar-refractivity contribution in [3.05, 3.63) is 68.0 Å². The first-order valence-corrected chi connectivity index (χ1v) is 12.3. The second-order valence-corrected chi connectivity index (χ2v) is 10.7. The zero-order chi connectivity index (χ0) is 20.8. The zero-order valence-corrected chi connectivity index (χ0v) is 21.2. The molecular formula is C22H18BrCl2N3OS2. The predicted molar refractivity (Wildman–Crippen MR) is 137 cm³/mol. The average Bonchev–Trinajstić information content (AvgIpc) is 3.29. The average molecular weight is 555 g/mol. The molecule has 0 saturated carbocycles. The number of rotatable bonds is 3. The maximum Gasteiger partial charge on any atom is 0.257 e. The number of halogens is 3. The van der Waals surface area contributed by atoms with E-state index in [0.717, 1.165) is 49.8 Å². The molecule has 1 amide bonds. The van der Waals surface area contributed by atoms with Crippen molar-refractivity contribution >= 4 is 83.7 Å². The van der Waals surface area contributed by atoms with Gasteiger partial charge in [0.25, 0.3) is 5.91 Å². The molecule has 31 heavy (non-hydrogen) atoms. The first-order chi connectivity index (χ1) is 14.5. The topological polar surface area (TPSA) is 45.2 Å². The van der Waals surface area contributed by atoms with E-state index >= 15 is 0 Å². The number of thiophene rings is 1. The molecular weight excluding hydrogens is 537 g/mol. The van der Waals surface area contributed by atoms with Crippen LogP contribution >= 0.6 is 62.6 Å². The van der Waals surface area contributed by atoms with E-state index in [1.54, 1.807) is 34.8 Å². The van der Waals surface area contributed by atoms with Crippen LogP contribution in [0.5, 0.6) is 0 Å². The number of para-hydroxylation sites is 1. The Balaban J connectivity index is 0.00000231. The molecule has 0 unspecified atom stereocenters. The third kappa shape index (κ3) is 4.40. The van der Waals surface area contributed by atoms with Crippen LogP contribution in [-0.4, -0.2) is 29.4 Å². The van der Waals surface area contributed by atoms with Crippen molar-refractivity contribution in [3.63, 3.8) is 0 Å². The molecule has 0 aliphatic carbocycles. The van der Waals surface area contributed by atoms with Crippen molar-refractivity contribution in [3.8, 4) is 10.6 Å². The highest BCUT2D eigenvalue weighted by Crippen LogP contribution is 2.45. The largest absolute Gasteiger partial charge is 0.313 e. The van der Waals surface area contributed by atoms with Crippen LogP contribution in [-0.2, 0) is 13.0 Å². The lowest BCUT2D eigenvalue weighted by Gasteiger charge is -2.22. The van der Waals surface area contributed by atoms with Gasteiger partial charge in [-0.25, -0.2) is 4.98 Å². The summed E-state index contributed by atoms with van der Waals surface area (Å²) in [6, 6.07) is 13.4. The second-order valence-electron chi connectivity index (χ2n) is 7.26. The number of fused-ring (bicyclic) bond motifs is 2. The van der Waals surface area contributed by atoms with Gasteiger partial charge in [-0.15, -0.1) is 35.1 Å². The Labute approximate surface area is 207 Å². The predicted octanol–water partition coefficient (Wildman–Crippen LogP) is 7.10. The Kier molecular flexibility index (Phi) is 6.72. The number of nitrogens with one attached hydrogen (secondary N) is 1. The lowest BCUT2D eigenvalue weighted by molar-refractivity contribution is 0.102. The quantitative estimate of drug-likeness (QED) is 0.293. The van der Waals surface area contributed by atoms with Crippen molar-refractivity contribution < 1.29 is 4.79 Å². The molecule has 0 saturated heterocycles. The highest BCUT2D eigenvalue weighted by atomic mass is 79.9. The third-order valence-corrected chi connectivity index (χ3v) is 8.16. The lowest BCUT2D eigenvalue weighted by Crippen LogP contribution is -2.25. The van der Waals surface area contributed by atoms with E-state index in [1.807, 2.05) is 24.3 Å². The number of carbonyl (C=O) groups is 1. The fraction of sp³-hybridized carbons (Fsp3) is 0.182. The standard InChI is InChI=1S/C22H17BrClN3OS2.ClH/c1-27-9-8-13-18(11-27)30-22(26-20(28)14-10-12(23)6-7-15(14)24)19(13)21-25-16-4-2-3-5-17(16)29-21;/h2-7,10H,8-9,11H2,1H3,(H,26,28);1H. The molecule has 0 atom stereocenters. The van der Waals surface area contributed by atoms with E-state index in [-0.39, 0.29) is 18.3 Å². The summed E-state index contributed by atoms with van der Waals surface area (Å²) in [6.07, 6.45) is 0.946. The SMILES string of the molecule is CN1CCc2c(sc(NC(=O)c3cc(Br)ccc3Cl)c2-c2nc3ccccc3s2)C1.Cl. The van der Waals surface area contributed by atoms with Crippen LogP contribution in [0.15, 0.2) is 46.9 Å². The molecule has 4 aromatic rings. The molecule has 3 heterocycles. The molecule has 2 aromatic carbocycles. The highest BCUT2D eigenvalue weighted by molar-refractivity contribution is 9.10. The van der Waals surface area contributed by atoms with Gasteiger partial charge in [0.2, 0.25) is 0 Å². The van der Waals surface area contributed by atoms with Crippen LogP contribution in [0, 0.1) is 0 Å². The van der Waals surface area contributed by atoms with Gasteiger partial charge in [-0.3, -0.25) is 4.79 Å². The smallest absolute Gasteiger partial charge is 0.257 e. The van der Waals surface area contributed by atoms with Crippen molar-refractivity contribution in [2.75, 3.05) is 18.9 Å². The van der Waals surface area contributed by atoms with Gasteiger partial charge in [0.05, 0.1) is 20.8 Å². The van der Waals surface area contributed by atoms with Gasteiger partial charge in [-0.1, -0.05) is 39.7 Å². The van der Waals surface area contributed by atoms with Gasteiger partial charge < -0.3 is 10.2 Å².